The van der Waals surface area contributed by atoms with Crippen LogP contribution in [-0.4, -0.2) is 79.3 Å². The van der Waals surface area contributed by atoms with Gasteiger partial charge in [-0.2, -0.15) is 0 Å². The maximum Gasteiger partial charge on any atom is 0.327 e. The Morgan fingerprint density at radius 1 is 1.00 bits per heavy atom. The van der Waals surface area contributed by atoms with Crippen LogP contribution in [0.15, 0.2) is 36.7 Å². The molecule has 1 aliphatic carbocycles. The average molecular weight is 646 g/mol. The molecule has 1 aromatic heterocycles. The fourth-order valence-corrected chi connectivity index (χ4v) is 5.91. The van der Waals surface area contributed by atoms with Crippen LogP contribution in [0.25, 0.3) is 0 Å². The average Bonchev–Trinajstić information content (AvgIpc) is 3.88. The predicted octanol–water partition coefficient (Wildman–Crippen LogP) is 6.18. The van der Waals surface area contributed by atoms with Crippen molar-refractivity contribution >= 4 is 63.6 Å². The number of anilines is 5. The molecule has 13 nitrogen and oxygen atoms in total. The second kappa shape index (κ2) is 13.3. The van der Waals surface area contributed by atoms with E-state index < -0.39 is 11.0 Å². The zero-order valence-corrected chi connectivity index (χ0v) is 26.4. The molecule has 1 saturated heterocycles. The summed E-state index contributed by atoms with van der Waals surface area (Å²) in [5.74, 6) is 0.990. The molecule has 2 N–H and O–H groups in total. The van der Waals surface area contributed by atoms with Crippen LogP contribution in [0.2, 0.25) is 10.0 Å². The van der Waals surface area contributed by atoms with Crippen molar-refractivity contribution in [3.8, 4) is 11.5 Å². The van der Waals surface area contributed by atoms with Gasteiger partial charge in [0.2, 0.25) is 0 Å². The van der Waals surface area contributed by atoms with Crippen LogP contribution in [0.4, 0.5) is 39.2 Å². The third-order valence-electron chi connectivity index (χ3n) is 8.08. The Bertz CT molecular complexity index is 1520. The van der Waals surface area contributed by atoms with Gasteiger partial charge in [0.25, 0.3) is 5.69 Å². The second-order valence-electron chi connectivity index (χ2n) is 10.7. The number of amides is 2. The number of methoxy groups -OCH3 is 2. The van der Waals surface area contributed by atoms with E-state index in [0.29, 0.717) is 12.1 Å². The summed E-state index contributed by atoms with van der Waals surface area (Å²) < 4.78 is 10.5. The lowest BCUT2D eigenvalue weighted by atomic mass is 10.0. The highest BCUT2D eigenvalue weighted by Gasteiger charge is 2.33. The van der Waals surface area contributed by atoms with Crippen LogP contribution in [0.1, 0.15) is 25.7 Å². The summed E-state index contributed by atoms with van der Waals surface area (Å²) in [6.07, 6.45) is 5.85. The molecule has 5 rings (SSSR count). The number of rotatable bonds is 10. The Kier molecular flexibility index (Phi) is 9.47. The lowest BCUT2D eigenvalue weighted by molar-refractivity contribution is -0.383. The molecule has 2 fully saturated rings. The van der Waals surface area contributed by atoms with E-state index in [1.807, 2.05) is 6.07 Å². The lowest BCUT2D eigenvalue weighted by Gasteiger charge is -2.38. The summed E-state index contributed by atoms with van der Waals surface area (Å²) in [5, 5.41) is 17.9. The van der Waals surface area contributed by atoms with E-state index in [4.69, 9.17) is 32.7 Å². The fraction of sp³-hybridized carbons (Fsp3) is 0.414. The zero-order valence-electron chi connectivity index (χ0n) is 24.8. The number of benzene rings is 2. The molecule has 1 saturated carbocycles. The van der Waals surface area contributed by atoms with Crippen molar-refractivity contribution in [2.24, 2.45) is 0 Å². The van der Waals surface area contributed by atoms with E-state index in [9.17, 15) is 14.9 Å². The Hall–Kier alpha value is -4.07. The zero-order chi connectivity index (χ0) is 31.5. The number of nitro benzene ring substituents is 1. The standard InChI is InChI=1S/C29H34Cl2N8O5/c1-36(17-5-6-17)18-9-11-38(12-10-18)19-7-8-20(21(13-19)39(41)42)34-24-15-25(33-16-32-24)37(2)29(40)35-28-26(30)22(43-3)14-23(44-4)27(28)31/h7-8,13-18H,5-6,9-12H2,1-4H3,(H,35,40)(H,32,33,34). The fourth-order valence-electron chi connectivity index (χ4n) is 5.31. The summed E-state index contributed by atoms with van der Waals surface area (Å²) in [4.78, 5) is 39.1. The Morgan fingerprint density at radius 2 is 1.64 bits per heavy atom. The molecule has 2 amide bonds. The maximum absolute atomic E-state index is 13.1. The number of nitrogens with zero attached hydrogens (tertiary/aromatic N) is 6. The highest BCUT2D eigenvalue weighted by atomic mass is 35.5. The molecule has 234 valence electrons. The monoisotopic (exact) mass is 644 g/mol. The third kappa shape index (κ3) is 6.69. The normalized spacial score (nSPS) is 15.2. The van der Waals surface area contributed by atoms with E-state index in [1.54, 1.807) is 12.1 Å². The lowest BCUT2D eigenvalue weighted by Crippen LogP contribution is -2.44. The molecule has 2 aromatic carbocycles. The second-order valence-corrected chi connectivity index (χ2v) is 11.5. The first-order valence-electron chi connectivity index (χ1n) is 14.1. The summed E-state index contributed by atoms with van der Waals surface area (Å²) in [5.41, 5.74) is 1.09. The number of nitro groups is 1. The number of piperidine rings is 1. The van der Waals surface area contributed by atoms with Crippen LogP contribution in [0.3, 0.4) is 0 Å². The van der Waals surface area contributed by atoms with Crippen molar-refractivity contribution in [3.63, 3.8) is 0 Å². The predicted molar refractivity (Wildman–Crippen MR) is 171 cm³/mol. The molecule has 1 aliphatic heterocycles. The van der Waals surface area contributed by atoms with Crippen LogP contribution >= 0.6 is 23.2 Å². The number of carbonyl (C=O) groups is 1. The van der Waals surface area contributed by atoms with Crippen molar-refractivity contribution in [2.75, 3.05) is 61.8 Å². The largest absolute Gasteiger partial charge is 0.495 e. The van der Waals surface area contributed by atoms with Gasteiger partial charge in [0.1, 0.15) is 45.2 Å². The van der Waals surface area contributed by atoms with Crippen LogP contribution < -0.4 is 29.9 Å². The molecule has 2 aliphatic rings. The van der Waals surface area contributed by atoms with E-state index in [2.05, 4.69) is 37.4 Å². The highest BCUT2D eigenvalue weighted by molar-refractivity contribution is 6.41. The summed E-state index contributed by atoms with van der Waals surface area (Å²) in [7, 11) is 6.55. The summed E-state index contributed by atoms with van der Waals surface area (Å²) in [6, 6.07) is 8.79. The summed E-state index contributed by atoms with van der Waals surface area (Å²) >= 11 is 12.8. The molecule has 0 radical (unpaired) electrons. The van der Waals surface area contributed by atoms with Gasteiger partial charge in [-0.3, -0.25) is 15.0 Å². The quantitative estimate of drug-likeness (QED) is 0.194. The van der Waals surface area contributed by atoms with Gasteiger partial charge < -0.3 is 29.9 Å². The van der Waals surface area contributed by atoms with Crippen LogP contribution in [0.5, 0.6) is 11.5 Å². The Labute approximate surface area is 265 Å². The maximum atomic E-state index is 13.1. The van der Waals surface area contributed by atoms with Gasteiger partial charge in [-0.25, -0.2) is 14.8 Å². The van der Waals surface area contributed by atoms with Crippen molar-refractivity contribution in [1.29, 1.82) is 0 Å². The van der Waals surface area contributed by atoms with E-state index in [-0.39, 0.29) is 50.2 Å². The van der Waals surface area contributed by atoms with Gasteiger partial charge in [-0.05, 0) is 44.9 Å². The molecule has 2 heterocycles. The van der Waals surface area contributed by atoms with Gasteiger partial charge in [0.15, 0.2) is 0 Å². The first kappa shape index (κ1) is 31.4. The number of nitrogens with one attached hydrogen (secondary N) is 2. The minimum atomic E-state index is -0.615. The SMILES string of the molecule is COc1cc(OC)c(Cl)c(NC(=O)N(C)c2cc(Nc3ccc(N4CCC(N(C)C5CC5)CC4)cc3[N+](=O)[O-])ncn2)c1Cl. The van der Waals surface area contributed by atoms with Crippen LogP contribution in [-0.2, 0) is 0 Å². The number of hydrogen-bond acceptors (Lipinski definition) is 10. The van der Waals surface area contributed by atoms with E-state index in [1.165, 1.54) is 57.5 Å². The topological polar surface area (TPSA) is 138 Å². The molecule has 0 unspecified atom stereocenters. The first-order chi connectivity index (χ1) is 21.1. The van der Waals surface area contributed by atoms with Gasteiger partial charge in [0.05, 0.1) is 24.8 Å². The molecule has 0 atom stereocenters. The minimum Gasteiger partial charge on any atom is -0.495 e. The van der Waals surface area contributed by atoms with Gasteiger partial charge >= 0.3 is 6.03 Å². The molecule has 0 bridgehead atoms. The van der Waals surface area contributed by atoms with Crippen LogP contribution in [0, 0.1) is 10.1 Å². The molecule has 3 aromatic rings. The van der Waals surface area contributed by atoms with Crippen molar-refractivity contribution in [1.82, 2.24) is 14.9 Å². The number of halogens is 2. The van der Waals surface area contributed by atoms with E-state index in [0.717, 1.165) is 31.6 Å². The number of aromatic nitrogens is 2. The minimum absolute atomic E-state index is 0.0813. The molecule has 44 heavy (non-hydrogen) atoms. The van der Waals surface area contributed by atoms with Crippen molar-refractivity contribution < 1.29 is 19.2 Å². The molecule has 0 spiro atoms. The van der Waals surface area contributed by atoms with E-state index >= 15 is 0 Å². The first-order valence-corrected chi connectivity index (χ1v) is 14.9. The van der Waals surface area contributed by atoms with Crippen molar-refractivity contribution in [2.45, 2.75) is 37.8 Å². The number of hydrogen-bond donors (Lipinski definition) is 2. The molecule has 15 heteroatoms. The Balaban J connectivity index is 1.29. The van der Waals surface area contributed by atoms with Gasteiger partial charge in [-0.1, -0.05) is 23.2 Å². The Morgan fingerprint density at radius 3 is 2.23 bits per heavy atom. The van der Waals surface area contributed by atoms with Gasteiger partial charge in [0, 0.05) is 56.1 Å². The smallest absolute Gasteiger partial charge is 0.327 e. The number of ether oxygens (including phenoxy) is 2. The highest BCUT2D eigenvalue weighted by Crippen LogP contribution is 2.44. The molecular weight excluding hydrogens is 611 g/mol. The van der Waals surface area contributed by atoms with Gasteiger partial charge in [-0.15, -0.1) is 0 Å². The number of carbonyl (C=O) groups excluding carboxylic acids is 1. The number of urea groups is 1. The van der Waals surface area contributed by atoms with Crippen molar-refractivity contribution in [3.05, 3.63) is 56.8 Å². The third-order valence-corrected chi connectivity index (χ3v) is 8.83. The summed E-state index contributed by atoms with van der Waals surface area (Å²) in [6.45, 7) is 1.68. The molecular formula is C29H34Cl2N8O5.